The summed E-state index contributed by atoms with van der Waals surface area (Å²) in [6.07, 6.45) is 2.66. The summed E-state index contributed by atoms with van der Waals surface area (Å²) in [6, 6.07) is 7.91. The monoisotopic (exact) mass is 363 g/mol. The summed E-state index contributed by atoms with van der Waals surface area (Å²) in [6.45, 7) is 10.2. The van der Waals surface area contributed by atoms with Crippen molar-refractivity contribution in [3.63, 3.8) is 0 Å². The molecule has 0 radical (unpaired) electrons. The molecule has 0 fully saturated rings. The molecule has 0 bridgehead atoms. The Balaban J connectivity index is 1.87. The van der Waals surface area contributed by atoms with Crippen LogP contribution in [0.1, 0.15) is 43.7 Å². The Morgan fingerprint density at radius 2 is 2.04 bits per heavy atom. The first kappa shape index (κ1) is 17.5. The van der Waals surface area contributed by atoms with Gasteiger partial charge in [0.15, 0.2) is 0 Å². The number of para-hydroxylation sites is 1. The minimum Gasteiger partial charge on any atom is -0.358 e. The van der Waals surface area contributed by atoms with Crippen LogP contribution in [0.15, 0.2) is 30.5 Å². The Labute approximate surface area is 159 Å². The van der Waals surface area contributed by atoms with Crippen LogP contribution in [0.25, 0.3) is 22.3 Å². The number of nitrogens with one attached hydrogen (secondary N) is 2. The molecule has 1 aromatic carbocycles. The molecule has 0 unspecified atom stereocenters. The number of nitrogens with zero attached hydrogens (tertiary/aromatic N) is 3. The largest absolute Gasteiger partial charge is 0.358 e. The molecular weight excluding hydrogens is 338 g/mol. The molecule has 0 saturated carbocycles. The van der Waals surface area contributed by atoms with Crippen molar-refractivity contribution in [2.75, 3.05) is 18.0 Å². The Hall–Kier alpha value is -2.89. The van der Waals surface area contributed by atoms with Crippen LogP contribution in [-0.2, 0) is 6.42 Å². The number of carbonyl (C=O) groups excluding carboxylic acids is 1. The second kappa shape index (κ2) is 6.37. The van der Waals surface area contributed by atoms with Gasteiger partial charge in [-0.15, -0.1) is 0 Å². The molecule has 0 aliphatic carbocycles. The summed E-state index contributed by atoms with van der Waals surface area (Å²) in [4.78, 5) is 27.4. The van der Waals surface area contributed by atoms with Gasteiger partial charge in [-0.05, 0) is 39.8 Å². The van der Waals surface area contributed by atoms with Crippen LogP contribution >= 0.6 is 0 Å². The topological polar surface area (TPSA) is 73.9 Å². The fraction of sp³-hybridized carbons (Fsp3) is 0.381. The lowest BCUT2D eigenvalue weighted by atomic mass is 10.1. The quantitative estimate of drug-likeness (QED) is 0.746. The summed E-state index contributed by atoms with van der Waals surface area (Å²) in [5.74, 6) is 0.842. The van der Waals surface area contributed by atoms with Crippen LogP contribution in [0.4, 0.5) is 5.82 Å². The van der Waals surface area contributed by atoms with E-state index in [1.54, 1.807) is 0 Å². The molecule has 27 heavy (non-hydrogen) atoms. The van der Waals surface area contributed by atoms with Crippen LogP contribution < -0.4 is 10.2 Å². The van der Waals surface area contributed by atoms with E-state index in [2.05, 4.69) is 47.9 Å². The fourth-order valence-corrected chi connectivity index (χ4v) is 3.79. The molecule has 1 aliphatic heterocycles. The Bertz CT molecular complexity index is 1020. The highest BCUT2D eigenvalue weighted by atomic mass is 16.1. The average Bonchev–Trinajstić information content (AvgIpc) is 3.06. The van der Waals surface area contributed by atoms with E-state index in [1.807, 2.05) is 30.5 Å². The highest BCUT2D eigenvalue weighted by molar-refractivity contribution is 5.99. The maximum absolute atomic E-state index is 12.1. The van der Waals surface area contributed by atoms with E-state index in [9.17, 15) is 4.79 Å². The van der Waals surface area contributed by atoms with Crippen molar-refractivity contribution in [3.05, 3.63) is 41.7 Å². The number of benzene rings is 1. The molecule has 2 aromatic heterocycles. The van der Waals surface area contributed by atoms with E-state index in [1.165, 1.54) is 0 Å². The van der Waals surface area contributed by atoms with Gasteiger partial charge < -0.3 is 15.2 Å². The standard InChI is InChI=1S/C21H25N5O/c1-5-26(21(2,3)4)18-12-23-16-8-6-7-13(19(16)25-18)17-11-14-15(24-17)9-10-22-20(14)27/h6-8,11-12,24H,5,9-10H2,1-4H3,(H,22,27). The number of amides is 1. The Morgan fingerprint density at radius 1 is 1.22 bits per heavy atom. The van der Waals surface area contributed by atoms with Gasteiger partial charge in [0.2, 0.25) is 0 Å². The summed E-state index contributed by atoms with van der Waals surface area (Å²) in [5.41, 5.74) is 5.23. The molecule has 2 N–H and O–H groups in total. The van der Waals surface area contributed by atoms with Gasteiger partial charge in [0, 0.05) is 42.0 Å². The summed E-state index contributed by atoms with van der Waals surface area (Å²) in [5, 5.41) is 2.89. The minimum atomic E-state index is -0.0460. The zero-order valence-electron chi connectivity index (χ0n) is 16.3. The van der Waals surface area contributed by atoms with Gasteiger partial charge in [-0.2, -0.15) is 0 Å². The Kier molecular flexibility index (Phi) is 4.13. The maximum atomic E-state index is 12.1. The first-order chi connectivity index (χ1) is 12.9. The number of fused-ring (bicyclic) bond motifs is 2. The second-order valence-corrected chi connectivity index (χ2v) is 7.90. The molecule has 1 amide bonds. The molecule has 6 heteroatoms. The van der Waals surface area contributed by atoms with Gasteiger partial charge in [0.25, 0.3) is 5.91 Å². The zero-order valence-corrected chi connectivity index (χ0v) is 16.3. The lowest BCUT2D eigenvalue weighted by molar-refractivity contribution is 0.0946. The van der Waals surface area contributed by atoms with E-state index in [0.717, 1.165) is 52.3 Å². The van der Waals surface area contributed by atoms with E-state index in [0.29, 0.717) is 6.54 Å². The normalized spacial score (nSPS) is 14.1. The summed E-state index contributed by atoms with van der Waals surface area (Å²) in [7, 11) is 0. The molecular formula is C21H25N5O. The average molecular weight is 363 g/mol. The lowest BCUT2D eigenvalue weighted by Crippen LogP contribution is -2.41. The van der Waals surface area contributed by atoms with Crippen molar-refractivity contribution >= 4 is 22.8 Å². The Morgan fingerprint density at radius 3 is 2.74 bits per heavy atom. The summed E-state index contributed by atoms with van der Waals surface area (Å²) >= 11 is 0. The van der Waals surface area contributed by atoms with Crippen LogP contribution in [0.2, 0.25) is 0 Å². The van der Waals surface area contributed by atoms with Crippen LogP contribution in [0, 0.1) is 0 Å². The first-order valence-electron chi connectivity index (χ1n) is 9.42. The SMILES string of the molecule is CCN(c1cnc2cccc(-c3cc4c([nH]3)CCNC4=O)c2n1)C(C)(C)C. The number of hydrogen-bond donors (Lipinski definition) is 2. The smallest absolute Gasteiger partial charge is 0.253 e. The van der Waals surface area contributed by atoms with Gasteiger partial charge >= 0.3 is 0 Å². The van der Waals surface area contributed by atoms with Gasteiger partial charge in [-0.1, -0.05) is 12.1 Å². The van der Waals surface area contributed by atoms with Crippen LogP contribution in [0.3, 0.4) is 0 Å². The molecule has 4 rings (SSSR count). The fourth-order valence-electron chi connectivity index (χ4n) is 3.79. The molecule has 6 nitrogen and oxygen atoms in total. The highest BCUT2D eigenvalue weighted by Crippen LogP contribution is 2.31. The van der Waals surface area contributed by atoms with E-state index in [-0.39, 0.29) is 11.4 Å². The molecule has 0 saturated heterocycles. The number of hydrogen-bond acceptors (Lipinski definition) is 4. The van der Waals surface area contributed by atoms with Crippen molar-refractivity contribution in [1.29, 1.82) is 0 Å². The second-order valence-electron chi connectivity index (χ2n) is 7.90. The minimum absolute atomic E-state index is 0.0179. The summed E-state index contributed by atoms with van der Waals surface area (Å²) < 4.78 is 0. The van der Waals surface area contributed by atoms with E-state index >= 15 is 0 Å². The molecule has 1 aliphatic rings. The zero-order chi connectivity index (χ0) is 19.2. The van der Waals surface area contributed by atoms with Crippen molar-refractivity contribution in [1.82, 2.24) is 20.3 Å². The van der Waals surface area contributed by atoms with Crippen molar-refractivity contribution in [2.24, 2.45) is 0 Å². The number of aromatic nitrogens is 3. The molecule has 3 heterocycles. The van der Waals surface area contributed by atoms with Gasteiger partial charge in [-0.3, -0.25) is 9.78 Å². The number of aromatic amines is 1. The number of anilines is 1. The third-order valence-corrected chi connectivity index (χ3v) is 5.06. The van der Waals surface area contributed by atoms with E-state index < -0.39 is 0 Å². The van der Waals surface area contributed by atoms with Crippen LogP contribution in [-0.4, -0.2) is 39.5 Å². The highest BCUT2D eigenvalue weighted by Gasteiger charge is 2.23. The number of carbonyl (C=O) groups is 1. The first-order valence-corrected chi connectivity index (χ1v) is 9.42. The van der Waals surface area contributed by atoms with E-state index in [4.69, 9.17) is 4.98 Å². The molecule has 0 atom stereocenters. The van der Waals surface area contributed by atoms with Gasteiger partial charge in [-0.25, -0.2) is 4.98 Å². The molecule has 3 aromatic rings. The molecule has 140 valence electrons. The predicted octanol–water partition coefficient (Wildman–Crippen LogP) is 3.54. The predicted molar refractivity (Wildman–Crippen MR) is 108 cm³/mol. The third-order valence-electron chi connectivity index (χ3n) is 5.06. The van der Waals surface area contributed by atoms with Gasteiger partial charge in [0.05, 0.1) is 17.3 Å². The van der Waals surface area contributed by atoms with Crippen molar-refractivity contribution in [3.8, 4) is 11.3 Å². The van der Waals surface area contributed by atoms with Crippen molar-refractivity contribution < 1.29 is 4.79 Å². The van der Waals surface area contributed by atoms with Crippen LogP contribution in [0.5, 0.6) is 0 Å². The van der Waals surface area contributed by atoms with Crippen molar-refractivity contribution in [2.45, 2.75) is 39.7 Å². The third kappa shape index (κ3) is 3.05. The number of H-pyrrole nitrogens is 1. The lowest BCUT2D eigenvalue weighted by Gasteiger charge is -2.35. The van der Waals surface area contributed by atoms with Gasteiger partial charge in [0.1, 0.15) is 11.3 Å². The maximum Gasteiger partial charge on any atom is 0.253 e. The molecule has 0 spiro atoms. The number of rotatable bonds is 3.